The molecular weight excluding hydrogens is 280 g/mol. The molecule has 1 unspecified atom stereocenters. The van der Waals surface area contributed by atoms with Crippen molar-refractivity contribution in [3.05, 3.63) is 21.9 Å². The summed E-state index contributed by atoms with van der Waals surface area (Å²) in [6.45, 7) is 4.54. The monoisotopic (exact) mass is 298 g/mol. The lowest BCUT2D eigenvalue weighted by atomic mass is 10.2. The van der Waals surface area contributed by atoms with Crippen LogP contribution in [0.1, 0.15) is 22.2 Å². The fraction of sp³-hybridized carbons (Fsp3) is 0.538. The standard InChI is InChI=1S/C13H18N2O2S2/c1-4-14(3)12(16)10-7-18-8-15(10)13(17)11-9(2)5-6-19-11/h5-6,10H,4,7-8H2,1-3H3. The number of likely N-dealkylation sites (N-methyl/N-ethyl adjacent to an activating group) is 1. The quantitative estimate of drug-likeness (QED) is 0.857. The molecule has 19 heavy (non-hydrogen) atoms. The summed E-state index contributed by atoms with van der Waals surface area (Å²) in [5.74, 6) is 1.32. The SMILES string of the molecule is CCN(C)C(=O)C1CSCN1C(=O)c1sccc1C. The average molecular weight is 298 g/mol. The minimum Gasteiger partial charge on any atom is -0.344 e. The van der Waals surface area contributed by atoms with Crippen LogP contribution in [0.4, 0.5) is 0 Å². The first-order valence-electron chi connectivity index (χ1n) is 6.24. The van der Waals surface area contributed by atoms with Crippen LogP contribution in [0.25, 0.3) is 0 Å². The summed E-state index contributed by atoms with van der Waals surface area (Å²) in [4.78, 5) is 28.9. The predicted molar refractivity (Wildman–Crippen MR) is 79.6 cm³/mol. The van der Waals surface area contributed by atoms with Crippen LogP contribution in [0.5, 0.6) is 0 Å². The second-order valence-electron chi connectivity index (χ2n) is 4.58. The summed E-state index contributed by atoms with van der Waals surface area (Å²) in [6, 6.07) is 1.62. The Morgan fingerprint density at radius 3 is 2.84 bits per heavy atom. The maximum absolute atomic E-state index is 12.5. The van der Waals surface area contributed by atoms with Crippen molar-refractivity contribution in [2.45, 2.75) is 19.9 Å². The molecule has 0 bridgehead atoms. The number of carbonyl (C=O) groups excluding carboxylic acids is 2. The van der Waals surface area contributed by atoms with Gasteiger partial charge in [-0.2, -0.15) is 0 Å². The van der Waals surface area contributed by atoms with E-state index in [-0.39, 0.29) is 17.9 Å². The third-order valence-corrected chi connectivity index (χ3v) is 5.35. The summed E-state index contributed by atoms with van der Waals surface area (Å²) in [6.07, 6.45) is 0. The Bertz CT molecular complexity index is 487. The number of hydrogen-bond donors (Lipinski definition) is 0. The Balaban J connectivity index is 2.17. The lowest BCUT2D eigenvalue weighted by molar-refractivity contribution is -0.133. The van der Waals surface area contributed by atoms with Crippen molar-refractivity contribution in [3.8, 4) is 0 Å². The van der Waals surface area contributed by atoms with Gasteiger partial charge in [-0.15, -0.1) is 23.1 Å². The van der Waals surface area contributed by atoms with Gasteiger partial charge in [0.2, 0.25) is 5.91 Å². The zero-order chi connectivity index (χ0) is 14.0. The van der Waals surface area contributed by atoms with E-state index >= 15 is 0 Å². The van der Waals surface area contributed by atoms with Crippen LogP contribution < -0.4 is 0 Å². The molecule has 0 radical (unpaired) electrons. The van der Waals surface area contributed by atoms with E-state index in [1.165, 1.54) is 11.3 Å². The summed E-state index contributed by atoms with van der Waals surface area (Å²) >= 11 is 3.09. The fourth-order valence-electron chi connectivity index (χ4n) is 1.98. The molecule has 6 heteroatoms. The largest absolute Gasteiger partial charge is 0.344 e. The third kappa shape index (κ3) is 2.79. The molecule has 1 aromatic rings. The molecule has 1 fully saturated rings. The summed E-state index contributed by atoms with van der Waals surface area (Å²) in [7, 11) is 1.78. The van der Waals surface area contributed by atoms with E-state index in [1.807, 2.05) is 25.3 Å². The van der Waals surface area contributed by atoms with Gasteiger partial charge < -0.3 is 9.80 Å². The van der Waals surface area contributed by atoms with Crippen LogP contribution in [0, 0.1) is 6.92 Å². The molecular formula is C13H18N2O2S2. The third-order valence-electron chi connectivity index (χ3n) is 3.34. The Kier molecular flexibility index (Phi) is 4.52. The summed E-state index contributed by atoms with van der Waals surface area (Å²) in [5.41, 5.74) is 0.988. The van der Waals surface area contributed by atoms with Crippen LogP contribution in [0.15, 0.2) is 11.4 Å². The number of rotatable bonds is 3. The van der Waals surface area contributed by atoms with Crippen molar-refractivity contribution in [1.29, 1.82) is 0 Å². The van der Waals surface area contributed by atoms with E-state index in [9.17, 15) is 9.59 Å². The molecule has 1 aliphatic rings. The van der Waals surface area contributed by atoms with Crippen molar-refractivity contribution in [2.24, 2.45) is 0 Å². The smallest absolute Gasteiger partial charge is 0.265 e. The molecule has 2 amide bonds. The number of thiophene rings is 1. The van der Waals surface area contributed by atoms with E-state index in [0.29, 0.717) is 18.2 Å². The van der Waals surface area contributed by atoms with Gasteiger partial charge in [-0.05, 0) is 30.9 Å². The van der Waals surface area contributed by atoms with Gasteiger partial charge in [0.05, 0.1) is 10.8 Å². The van der Waals surface area contributed by atoms with Gasteiger partial charge in [0.15, 0.2) is 0 Å². The van der Waals surface area contributed by atoms with E-state index in [1.54, 1.807) is 28.6 Å². The first kappa shape index (κ1) is 14.4. The van der Waals surface area contributed by atoms with Crippen molar-refractivity contribution in [1.82, 2.24) is 9.80 Å². The second kappa shape index (κ2) is 5.96. The number of nitrogens with zero attached hydrogens (tertiary/aromatic N) is 2. The highest BCUT2D eigenvalue weighted by atomic mass is 32.2. The number of aryl methyl sites for hydroxylation is 1. The fourth-order valence-corrected chi connectivity index (χ4v) is 4.01. The Morgan fingerprint density at radius 1 is 1.53 bits per heavy atom. The zero-order valence-corrected chi connectivity index (χ0v) is 13.0. The molecule has 1 saturated heterocycles. The van der Waals surface area contributed by atoms with E-state index in [0.717, 1.165) is 10.4 Å². The molecule has 104 valence electrons. The van der Waals surface area contributed by atoms with Gasteiger partial charge in [0.25, 0.3) is 5.91 Å². The Labute approximate surface area is 121 Å². The normalized spacial score (nSPS) is 18.7. The van der Waals surface area contributed by atoms with Gasteiger partial charge in [0.1, 0.15) is 6.04 Å². The second-order valence-corrected chi connectivity index (χ2v) is 6.49. The topological polar surface area (TPSA) is 40.6 Å². The van der Waals surface area contributed by atoms with Gasteiger partial charge in [-0.3, -0.25) is 9.59 Å². The summed E-state index contributed by atoms with van der Waals surface area (Å²) in [5, 5.41) is 1.92. The van der Waals surface area contributed by atoms with Gasteiger partial charge in [0, 0.05) is 19.3 Å². The van der Waals surface area contributed by atoms with E-state index in [4.69, 9.17) is 0 Å². The number of thioether (sulfide) groups is 1. The van der Waals surface area contributed by atoms with Crippen LogP contribution >= 0.6 is 23.1 Å². The van der Waals surface area contributed by atoms with E-state index < -0.39 is 0 Å². The molecule has 2 heterocycles. The highest BCUT2D eigenvalue weighted by Gasteiger charge is 2.36. The van der Waals surface area contributed by atoms with E-state index in [2.05, 4.69) is 0 Å². The Morgan fingerprint density at radius 2 is 2.26 bits per heavy atom. The van der Waals surface area contributed by atoms with Crippen LogP contribution in [-0.2, 0) is 4.79 Å². The van der Waals surface area contributed by atoms with Gasteiger partial charge in [-0.25, -0.2) is 0 Å². The van der Waals surface area contributed by atoms with Crippen LogP contribution in [0.2, 0.25) is 0 Å². The minimum atomic E-state index is -0.316. The average Bonchev–Trinajstić information content (AvgIpc) is 3.04. The predicted octanol–water partition coefficient (Wildman–Crippen LogP) is 2.05. The van der Waals surface area contributed by atoms with Crippen LogP contribution in [0.3, 0.4) is 0 Å². The maximum atomic E-state index is 12.5. The molecule has 0 aliphatic carbocycles. The first-order valence-corrected chi connectivity index (χ1v) is 8.27. The molecule has 2 rings (SSSR count). The Hall–Kier alpha value is -1.01. The number of amides is 2. The summed E-state index contributed by atoms with van der Waals surface area (Å²) < 4.78 is 0. The molecule has 1 aliphatic heterocycles. The highest BCUT2D eigenvalue weighted by Crippen LogP contribution is 2.27. The van der Waals surface area contributed by atoms with Gasteiger partial charge in [-0.1, -0.05) is 0 Å². The van der Waals surface area contributed by atoms with Crippen molar-refractivity contribution in [2.75, 3.05) is 25.2 Å². The molecule has 1 atom stereocenters. The lowest BCUT2D eigenvalue weighted by Gasteiger charge is -2.26. The van der Waals surface area contributed by atoms with Crippen molar-refractivity contribution in [3.63, 3.8) is 0 Å². The molecule has 1 aromatic heterocycles. The molecule has 0 spiro atoms. The molecule has 0 aromatic carbocycles. The van der Waals surface area contributed by atoms with Crippen LogP contribution in [-0.4, -0.2) is 52.9 Å². The molecule has 0 N–H and O–H groups in total. The lowest BCUT2D eigenvalue weighted by Crippen LogP contribution is -2.47. The highest BCUT2D eigenvalue weighted by molar-refractivity contribution is 7.99. The van der Waals surface area contributed by atoms with Crippen molar-refractivity contribution < 1.29 is 9.59 Å². The number of hydrogen-bond acceptors (Lipinski definition) is 4. The minimum absolute atomic E-state index is 0.0136. The zero-order valence-electron chi connectivity index (χ0n) is 11.4. The number of carbonyl (C=O) groups is 2. The maximum Gasteiger partial charge on any atom is 0.265 e. The first-order chi connectivity index (χ1) is 9.06. The van der Waals surface area contributed by atoms with Crippen molar-refractivity contribution >= 4 is 34.9 Å². The molecule has 0 saturated carbocycles. The molecule has 4 nitrogen and oxygen atoms in total. The van der Waals surface area contributed by atoms with Gasteiger partial charge >= 0.3 is 0 Å².